The predicted molar refractivity (Wildman–Crippen MR) is 47.3 cm³/mol. The fourth-order valence-corrected chi connectivity index (χ4v) is 1.28. The van der Waals surface area contributed by atoms with Crippen molar-refractivity contribution in [3.8, 4) is 0 Å². The Balaban J connectivity index is 0. The SMILES string of the molecule is CCCN(CCC)CCC.[Au]. The molecule has 0 aromatic rings. The van der Waals surface area contributed by atoms with E-state index in [9.17, 15) is 0 Å². The van der Waals surface area contributed by atoms with Crippen LogP contribution in [-0.4, -0.2) is 24.5 Å². The van der Waals surface area contributed by atoms with Gasteiger partial charge in [0.1, 0.15) is 0 Å². The first-order valence-electron chi connectivity index (χ1n) is 4.57. The van der Waals surface area contributed by atoms with Crippen molar-refractivity contribution < 1.29 is 22.4 Å². The third-order valence-electron chi connectivity index (χ3n) is 1.62. The summed E-state index contributed by atoms with van der Waals surface area (Å²) in [6, 6.07) is 0. The summed E-state index contributed by atoms with van der Waals surface area (Å²) in [6.07, 6.45) is 3.88. The van der Waals surface area contributed by atoms with Gasteiger partial charge in [0.15, 0.2) is 0 Å². The molecular weight excluding hydrogens is 319 g/mol. The minimum atomic E-state index is 0. The van der Waals surface area contributed by atoms with Crippen LogP contribution in [0.2, 0.25) is 0 Å². The molecule has 0 amide bonds. The molecule has 0 aromatic heterocycles. The number of hydrogen-bond donors (Lipinski definition) is 0. The van der Waals surface area contributed by atoms with Crippen LogP contribution >= 0.6 is 0 Å². The van der Waals surface area contributed by atoms with Crippen molar-refractivity contribution in [1.29, 1.82) is 0 Å². The van der Waals surface area contributed by atoms with Gasteiger partial charge in [0.2, 0.25) is 0 Å². The van der Waals surface area contributed by atoms with Crippen LogP contribution < -0.4 is 0 Å². The second-order valence-electron chi connectivity index (χ2n) is 2.84. The van der Waals surface area contributed by atoms with Crippen molar-refractivity contribution in [1.82, 2.24) is 4.90 Å². The van der Waals surface area contributed by atoms with Crippen molar-refractivity contribution in [2.45, 2.75) is 40.0 Å². The Bertz CT molecular complexity index is 52.3. The van der Waals surface area contributed by atoms with Crippen LogP contribution in [0, 0.1) is 0 Å². The van der Waals surface area contributed by atoms with Crippen LogP contribution in [-0.2, 0) is 22.4 Å². The van der Waals surface area contributed by atoms with Gasteiger partial charge in [0.25, 0.3) is 0 Å². The first kappa shape index (κ1) is 14.2. The smallest absolute Gasteiger partial charge is 0 e. The second kappa shape index (κ2) is 10.7. The Morgan fingerprint density at radius 2 is 1.00 bits per heavy atom. The molecule has 0 aliphatic rings. The maximum absolute atomic E-state index is 2.54. The van der Waals surface area contributed by atoms with E-state index in [2.05, 4.69) is 25.7 Å². The van der Waals surface area contributed by atoms with Gasteiger partial charge in [-0.1, -0.05) is 20.8 Å². The molecule has 0 atom stereocenters. The molecule has 0 aliphatic carbocycles. The van der Waals surface area contributed by atoms with Gasteiger partial charge in [-0.15, -0.1) is 0 Å². The Morgan fingerprint density at radius 1 is 0.727 bits per heavy atom. The summed E-state index contributed by atoms with van der Waals surface area (Å²) in [5, 5.41) is 0. The second-order valence-corrected chi connectivity index (χ2v) is 2.84. The van der Waals surface area contributed by atoms with Crippen LogP contribution in [0.3, 0.4) is 0 Å². The fraction of sp³-hybridized carbons (Fsp3) is 1.00. The van der Waals surface area contributed by atoms with E-state index < -0.39 is 0 Å². The molecule has 0 heterocycles. The third kappa shape index (κ3) is 8.61. The van der Waals surface area contributed by atoms with Gasteiger partial charge in [-0.05, 0) is 38.9 Å². The van der Waals surface area contributed by atoms with Gasteiger partial charge in [0, 0.05) is 22.4 Å². The molecular formula is C9H21AuN. The Morgan fingerprint density at radius 3 is 1.18 bits per heavy atom. The monoisotopic (exact) mass is 340 g/mol. The zero-order chi connectivity index (χ0) is 7.82. The zero-order valence-corrected chi connectivity index (χ0v) is 10.2. The van der Waals surface area contributed by atoms with Crippen molar-refractivity contribution in [3.63, 3.8) is 0 Å². The molecule has 0 saturated carbocycles. The van der Waals surface area contributed by atoms with E-state index in [0.29, 0.717) is 0 Å². The van der Waals surface area contributed by atoms with E-state index in [-0.39, 0.29) is 22.4 Å². The average molecular weight is 340 g/mol. The molecule has 0 fully saturated rings. The maximum Gasteiger partial charge on any atom is 0 e. The van der Waals surface area contributed by atoms with Crippen molar-refractivity contribution in [2.75, 3.05) is 19.6 Å². The quantitative estimate of drug-likeness (QED) is 0.672. The molecule has 0 N–H and O–H groups in total. The van der Waals surface area contributed by atoms with Crippen LogP contribution in [0.1, 0.15) is 40.0 Å². The molecule has 0 rings (SSSR count). The molecule has 0 unspecified atom stereocenters. The molecule has 0 spiro atoms. The van der Waals surface area contributed by atoms with E-state index in [0.717, 1.165) is 0 Å². The van der Waals surface area contributed by atoms with E-state index in [4.69, 9.17) is 0 Å². The molecule has 2 heteroatoms. The minimum Gasteiger partial charge on any atom is -0.303 e. The van der Waals surface area contributed by atoms with Crippen LogP contribution in [0.15, 0.2) is 0 Å². The van der Waals surface area contributed by atoms with Gasteiger partial charge in [-0.2, -0.15) is 0 Å². The number of rotatable bonds is 6. The topological polar surface area (TPSA) is 3.24 Å². The summed E-state index contributed by atoms with van der Waals surface area (Å²) in [5.41, 5.74) is 0. The normalized spacial score (nSPS) is 9.82. The fourth-order valence-electron chi connectivity index (χ4n) is 1.28. The molecule has 1 radical (unpaired) electrons. The number of hydrogen-bond acceptors (Lipinski definition) is 1. The summed E-state index contributed by atoms with van der Waals surface area (Å²) >= 11 is 0. The van der Waals surface area contributed by atoms with E-state index in [1.807, 2.05) is 0 Å². The maximum atomic E-state index is 2.54. The van der Waals surface area contributed by atoms with Gasteiger partial charge in [-0.25, -0.2) is 0 Å². The average Bonchev–Trinajstić information content (AvgIpc) is 1.90. The van der Waals surface area contributed by atoms with Crippen molar-refractivity contribution in [3.05, 3.63) is 0 Å². The minimum absolute atomic E-state index is 0. The Labute approximate surface area is 87.1 Å². The van der Waals surface area contributed by atoms with E-state index >= 15 is 0 Å². The third-order valence-corrected chi connectivity index (χ3v) is 1.62. The molecule has 1 nitrogen and oxygen atoms in total. The largest absolute Gasteiger partial charge is 0.303 e. The Hall–Kier alpha value is 0.700. The molecule has 11 heavy (non-hydrogen) atoms. The molecule has 73 valence electrons. The molecule has 0 aromatic carbocycles. The van der Waals surface area contributed by atoms with Crippen LogP contribution in [0.5, 0.6) is 0 Å². The molecule has 0 aliphatic heterocycles. The van der Waals surface area contributed by atoms with Crippen molar-refractivity contribution in [2.24, 2.45) is 0 Å². The molecule has 0 bridgehead atoms. The van der Waals surface area contributed by atoms with E-state index in [1.165, 1.54) is 38.9 Å². The zero-order valence-electron chi connectivity index (χ0n) is 7.99. The summed E-state index contributed by atoms with van der Waals surface area (Å²) in [4.78, 5) is 2.54. The number of nitrogens with zero attached hydrogens (tertiary/aromatic N) is 1. The van der Waals surface area contributed by atoms with Crippen LogP contribution in [0.25, 0.3) is 0 Å². The van der Waals surface area contributed by atoms with Crippen LogP contribution in [0.4, 0.5) is 0 Å². The standard InChI is InChI=1S/C9H21N.Au/c1-4-7-10(8-5-2)9-6-3;/h4-9H2,1-3H3;. The summed E-state index contributed by atoms with van der Waals surface area (Å²) in [5.74, 6) is 0. The first-order valence-corrected chi connectivity index (χ1v) is 4.57. The van der Waals surface area contributed by atoms with E-state index in [1.54, 1.807) is 0 Å². The van der Waals surface area contributed by atoms with Gasteiger partial charge in [0.05, 0.1) is 0 Å². The summed E-state index contributed by atoms with van der Waals surface area (Å²) < 4.78 is 0. The Kier molecular flexibility index (Phi) is 13.8. The van der Waals surface area contributed by atoms with Gasteiger partial charge >= 0.3 is 0 Å². The first-order chi connectivity index (χ1) is 4.85. The van der Waals surface area contributed by atoms with Gasteiger partial charge in [-0.3, -0.25) is 0 Å². The summed E-state index contributed by atoms with van der Waals surface area (Å²) in [6.45, 7) is 10.6. The predicted octanol–water partition coefficient (Wildman–Crippen LogP) is 2.52. The summed E-state index contributed by atoms with van der Waals surface area (Å²) in [7, 11) is 0. The van der Waals surface area contributed by atoms with Crippen molar-refractivity contribution >= 4 is 0 Å². The van der Waals surface area contributed by atoms with Gasteiger partial charge < -0.3 is 4.90 Å². The molecule has 0 saturated heterocycles.